The molecule has 0 radical (unpaired) electrons. The van der Waals surface area contributed by atoms with Gasteiger partial charge in [0.05, 0.1) is 11.4 Å². The molecule has 0 aliphatic carbocycles. The number of benzene rings is 2. The van der Waals surface area contributed by atoms with E-state index in [0.29, 0.717) is 27.4 Å². The number of carbonyl (C=O) groups excluding carboxylic acids is 1. The standard InChI is InChI=1S/C17H17Br2ClN4O/c1-24(2)13-7-8-15(16(9-13)21-17(25)14(19)10-18)23-22-12-5-3-11(20)4-6-12/h3-9,14H,10H2,1-2H3,(H,21,25). The Balaban J connectivity index is 2.32. The van der Waals surface area contributed by atoms with Crippen LogP contribution in [0.25, 0.3) is 0 Å². The SMILES string of the molecule is CN(C)c1ccc(N=Nc2ccc(Cl)cc2)c(NC(=O)C(Br)CBr)c1. The monoisotopic (exact) mass is 486 g/mol. The maximum absolute atomic E-state index is 12.2. The third-order valence-corrected chi connectivity index (χ3v) is 5.78. The van der Waals surface area contributed by atoms with E-state index in [0.717, 1.165) is 5.69 Å². The molecular weight excluding hydrogens is 471 g/mol. The number of amides is 1. The van der Waals surface area contributed by atoms with E-state index in [1.807, 2.05) is 37.2 Å². The summed E-state index contributed by atoms with van der Waals surface area (Å²) in [5, 5.41) is 12.5. The molecule has 0 bridgehead atoms. The second kappa shape index (κ2) is 9.31. The Bertz CT molecular complexity index is 766. The number of azo groups is 1. The predicted octanol–water partition coefficient (Wildman–Crippen LogP) is 5.92. The molecule has 1 N–H and O–H groups in total. The van der Waals surface area contributed by atoms with Crippen LogP contribution in [0.5, 0.6) is 0 Å². The number of alkyl halides is 2. The smallest absolute Gasteiger partial charge is 0.239 e. The number of hydrogen-bond acceptors (Lipinski definition) is 4. The Morgan fingerprint density at radius 2 is 1.88 bits per heavy atom. The normalized spacial score (nSPS) is 12.2. The van der Waals surface area contributed by atoms with E-state index in [2.05, 4.69) is 47.4 Å². The average Bonchev–Trinajstić information content (AvgIpc) is 2.61. The van der Waals surface area contributed by atoms with Crippen molar-refractivity contribution in [3.05, 3.63) is 47.5 Å². The molecule has 0 saturated carbocycles. The molecule has 1 atom stereocenters. The number of rotatable bonds is 6. The number of anilines is 2. The van der Waals surface area contributed by atoms with Gasteiger partial charge in [0.15, 0.2) is 0 Å². The third-order valence-electron chi connectivity index (χ3n) is 3.27. The minimum absolute atomic E-state index is 0.157. The largest absolute Gasteiger partial charge is 0.378 e. The number of carbonyl (C=O) groups is 1. The summed E-state index contributed by atoms with van der Waals surface area (Å²) in [6, 6.07) is 12.7. The first kappa shape index (κ1) is 19.9. The number of nitrogens with zero attached hydrogens (tertiary/aromatic N) is 3. The van der Waals surface area contributed by atoms with Crippen LogP contribution in [0.4, 0.5) is 22.7 Å². The fourth-order valence-corrected chi connectivity index (χ4v) is 2.42. The fourth-order valence-electron chi connectivity index (χ4n) is 1.89. The topological polar surface area (TPSA) is 57.1 Å². The molecule has 2 aromatic rings. The van der Waals surface area contributed by atoms with Gasteiger partial charge in [0, 0.05) is 30.1 Å². The molecule has 0 aliphatic heterocycles. The molecule has 25 heavy (non-hydrogen) atoms. The van der Waals surface area contributed by atoms with Gasteiger partial charge in [-0.25, -0.2) is 0 Å². The Kier molecular flexibility index (Phi) is 7.40. The van der Waals surface area contributed by atoms with Crippen molar-refractivity contribution in [1.29, 1.82) is 0 Å². The molecule has 2 aromatic carbocycles. The van der Waals surface area contributed by atoms with Crippen LogP contribution >= 0.6 is 43.5 Å². The van der Waals surface area contributed by atoms with Gasteiger partial charge in [-0.05, 0) is 42.5 Å². The van der Waals surface area contributed by atoms with Crippen LogP contribution in [0.2, 0.25) is 5.02 Å². The molecule has 5 nitrogen and oxygen atoms in total. The molecule has 0 aromatic heterocycles. The Hall–Kier alpha value is -1.44. The van der Waals surface area contributed by atoms with Crippen LogP contribution < -0.4 is 10.2 Å². The maximum Gasteiger partial charge on any atom is 0.239 e. The van der Waals surface area contributed by atoms with E-state index in [4.69, 9.17) is 11.6 Å². The highest BCUT2D eigenvalue weighted by atomic mass is 79.9. The summed E-state index contributed by atoms with van der Waals surface area (Å²) in [4.78, 5) is 13.8. The third kappa shape index (κ3) is 5.80. The molecule has 132 valence electrons. The van der Waals surface area contributed by atoms with Gasteiger partial charge < -0.3 is 10.2 Å². The molecule has 0 heterocycles. The zero-order chi connectivity index (χ0) is 18.4. The fraction of sp³-hybridized carbons (Fsp3) is 0.235. The van der Waals surface area contributed by atoms with E-state index >= 15 is 0 Å². The second-order valence-corrected chi connectivity index (χ2v) is 7.57. The van der Waals surface area contributed by atoms with Crippen LogP contribution in [0, 0.1) is 0 Å². The number of halogens is 3. The second-order valence-electron chi connectivity index (χ2n) is 5.38. The lowest BCUT2D eigenvalue weighted by Gasteiger charge is -2.16. The number of hydrogen-bond donors (Lipinski definition) is 1. The van der Waals surface area contributed by atoms with E-state index in [1.54, 1.807) is 24.3 Å². The molecular formula is C17H17Br2ClN4O. The maximum atomic E-state index is 12.2. The lowest BCUT2D eigenvalue weighted by atomic mass is 10.2. The van der Waals surface area contributed by atoms with Gasteiger partial charge in [0.2, 0.25) is 5.91 Å². The number of nitrogens with one attached hydrogen (secondary N) is 1. The lowest BCUT2D eigenvalue weighted by Crippen LogP contribution is -2.24. The molecule has 0 spiro atoms. The first-order valence-electron chi connectivity index (χ1n) is 7.40. The van der Waals surface area contributed by atoms with Crippen LogP contribution in [0.1, 0.15) is 0 Å². The zero-order valence-electron chi connectivity index (χ0n) is 13.7. The van der Waals surface area contributed by atoms with Crippen molar-refractivity contribution in [1.82, 2.24) is 0 Å². The van der Waals surface area contributed by atoms with Gasteiger partial charge in [0.1, 0.15) is 10.5 Å². The quantitative estimate of drug-likeness (QED) is 0.405. The molecule has 1 unspecified atom stereocenters. The molecule has 0 aliphatic rings. The average molecular weight is 489 g/mol. The first-order valence-corrected chi connectivity index (χ1v) is 9.82. The van der Waals surface area contributed by atoms with Gasteiger partial charge >= 0.3 is 0 Å². The van der Waals surface area contributed by atoms with Crippen molar-refractivity contribution in [3.8, 4) is 0 Å². The van der Waals surface area contributed by atoms with Crippen molar-refractivity contribution in [3.63, 3.8) is 0 Å². The molecule has 8 heteroatoms. The first-order chi connectivity index (χ1) is 11.9. The van der Waals surface area contributed by atoms with Crippen molar-refractivity contribution in [2.75, 3.05) is 29.6 Å². The van der Waals surface area contributed by atoms with Crippen molar-refractivity contribution >= 4 is 72.1 Å². The van der Waals surface area contributed by atoms with E-state index in [1.165, 1.54) is 0 Å². The Morgan fingerprint density at radius 3 is 2.48 bits per heavy atom. The van der Waals surface area contributed by atoms with E-state index in [9.17, 15) is 4.79 Å². The summed E-state index contributed by atoms with van der Waals surface area (Å²) in [5.74, 6) is -0.157. The Labute approximate surface area is 168 Å². The van der Waals surface area contributed by atoms with Crippen LogP contribution in [-0.2, 0) is 4.79 Å². The highest BCUT2D eigenvalue weighted by Gasteiger charge is 2.15. The predicted molar refractivity (Wildman–Crippen MR) is 112 cm³/mol. The van der Waals surface area contributed by atoms with Gasteiger partial charge in [-0.2, -0.15) is 5.11 Å². The molecule has 0 saturated heterocycles. The highest BCUT2D eigenvalue weighted by molar-refractivity contribution is 9.12. The van der Waals surface area contributed by atoms with E-state index in [-0.39, 0.29) is 10.7 Å². The highest BCUT2D eigenvalue weighted by Crippen LogP contribution is 2.31. The summed E-state index contributed by atoms with van der Waals surface area (Å²) < 4.78 is 0. The minimum atomic E-state index is -0.337. The summed E-state index contributed by atoms with van der Waals surface area (Å²) in [6.45, 7) is 0. The van der Waals surface area contributed by atoms with Crippen LogP contribution in [0.3, 0.4) is 0 Å². The Morgan fingerprint density at radius 1 is 1.20 bits per heavy atom. The molecule has 1 amide bonds. The van der Waals surface area contributed by atoms with Gasteiger partial charge in [0.25, 0.3) is 0 Å². The van der Waals surface area contributed by atoms with Gasteiger partial charge in [-0.15, -0.1) is 5.11 Å². The zero-order valence-corrected chi connectivity index (χ0v) is 17.6. The summed E-state index contributed by atoms with van der Waals surface area (Å²) >= 11 is 12.5. The molecule has 0 fully saturated rings. The summed E-state index contributed by atoms with van der Waals surface area (Å²) in [6.07, 6.45) is 0. The minimum Gasteiger partial charge on any atom is -0.378 e. The van der Waals surface area contributed by atoms with Crippen LogP contribution in [-0.4, -0.2) is 30.2 Å². The van der Waals surface area contributed by atoms with E-state index < -0.39 is 0 Å². The summed E-state index contributed by atoms with van der Waals surface area (Å²) in [7, 11) is 3.86. The van der Waals surface area contributed by atoms with Gasteiger partial charge in [-0.1, -0.05) is 43.5 Å². The van der Waals surface area contributed by atoms with Crippen molar-refractivity contribution in [2.24, 2.45) is 10.2 Å². The summed E-state index contributed by atoms with van der Waals surface area (Å²) in [5.41, 5.74) is 2.80. The van der Waals surface area contributed by atoms with Crippen molar-refractivity contribution < 1.29 is 4.79 Å². The van der Waals surface area contributed by atoms with Gasteiger partial charge in [-0.3, -0.25) is 4.79 Å². The van der Waals surface area contributed by atoms with Crippen molar-refractivity contribution in [2.45, 2.75) is 4.83 Å². The van der Waals surface area contributed by atoms with Crippen LogP contribution in [0.15, 0.2) is 52.7 Å². The lowest BCUT2D eigenvalue weighted by molar-refractivity contribution is -0.115. The molecule has 2 rings (SSSR count).